The second-order valence-electron chi connectivity index (χ2n) is 2.63. The van der Waals surface area contributed by atoms with Gasteiger partial charge in [-0.3, -0.25) is 19.9 Å². The van der Waals surface area contributed by atoms with Gasteiger partial charge >= 0.3 is 0 Å². The molecule has 4 heteroatoms. The lowest BCUT2D eigenvalue weighted by molar-refractivity contribution is -0.126. The molecule has 4 nitrogen and oxygen atoms in total. The zero-order chi connectivity index (χ0) is 10.4. The van der Waals surface area contributed by atoms with Crippen molar-refractivity contribution in [2.24, 2.45) is 0 Å². The zero-order valence-electron chi connectivity index (χ0n) is 7.73. The third-order valence-electron chi connectivity index (χ3n) is 1.39. The third-order valence-corrected chi connectivity index (χ3v) is 1.39. The largest absolute Gasteiger partial charge is 0.293 e. The monoisotopic (exact) mass is 190 g/mol. The van der Waals surface area contributed by atoms with Crippen LogP contribution in [0.5, 0.6) is 0 Å². The molecular weight excluding hydrogens is 180 g/mol. The number of rotatable bonds is 2. The third kappa shape index (κ3) is 3.62. The van der Waals surface area contributed by atoms with Gasteiger partial charge in [0.15, 0.2) is 0 Å². The second kappa shape index (κ2) is 4.91. The van der Waals surface area contributed by atoms with E-state index in [9.17, 15) is 9.59 Å². The van der Waals surface area contributed by atoms with Crippen LogP contribution in [0, 0.1) is 0 Å². The van der Waals surface area contributed by atoms with E-state index < -0.39 is 5.91 Å². The normalized spacial score (nSPS) is 10.1. The number of carbonyl (C=O) groups excluding carboxylic acids is 2. The fraction of sp³-hybridized carbons (Fsp3) is 0.100. The highest BCUT2D eigenvalue weighted by atomic mass is 16.2. The highest BCUT2D eigenvalue weighted by Gasteiger charge is 1.96. The summed E-state index contributed by atoms with van der Waals surface area (Å²) in [6.45, 7) is 1.28. The molecule has 0 aromatic carbocycles. The number of pyridine rings is 1. The summed E-state index contributed by atoms with van der Waals surface area (Å²) in [5, 5.41) is 2.12. The molecule has 1 rings (SSSR count). The molecule has 1 N–H and O–H groups in total. The predicted octanol–water partition coefficient (Wildman–Crippen LogP) is 0.758. The van der Waals surface area contributed by atoms with E-state index in [1.165, 1.54) is 19.1 Å². The average Bonchev–Trinajstić information content (AvgIpc) is 2.15. The van der Waals surface area contributed by atoms with Gasteiger partial charge in [0.25, 0.3) is 5.91 Å². The van der Waals surface area contributed by atoms with E-state index in [-0.39, 0.29) is 5.91 Å². The smallest absolute Gasteiger partial charge is 0.250 e. The van der Waals surface area contributed by atoms with Crippen molar-refractivity contribution in [1.82, 2.24) is 10.3 Å². The van der Waals surface area contributed by atoms with Gasteiger partial charge in [-0.25, -0.2) is 0 Å². The Morgan fingerprint density at radius 2 is 2.21 bits per heavy atom. The van der Waals surface area contributed by atoms with Crippen LogP contribution in [0.2, 0.25) is 0 Å². The second-order valence-corrected chi connectivity index (χ2v) is 2.63. The van der Waals surface area contributed by atoms with E-state index in [4.69, 9.17) is 0 Å². The van der Waals surface area contributed by atoms with Crippen LogP contribution in [-0.2, 0) is 9.59 Å². The number of carbonyl (C=O) groups is 2. The molecule has 14 heavy (non-hydrogen) atoms. The summed E-state index contributed by atoms with van der Waals surface area (Å²) < 4.78 is 0. The van der Waals surface area contributed by atoms with Crippen LogP contribution in [0.3, 0.4) is 0 Å². The Balaban J connectivity index is 2.56. The SMILES string of the molecule is CC(=O)NC(=O)/C=C/c1ccccn1. The lowest BCUT2D eigenvalue weighted by Crippen LogP contribution is -2.25. The van der Waals surface area contributed by atoms with Crippen molar-refractivity contribution in [2.45, 2.75) is 6.92 Å². The van der Waals surface area contributed by atoms with Crippen molar-refractivity contribution in [1.29, 1.82) is 0 Å². The maximum absolute atomic E-state index is 11.0. The number of hydrogen-bond acceptors (Lipinski definition) is 3. The van der Waals surface area contributed by atoms with Crippen LogP contribution in [0.25, 0.3) is 6.08 Å². The van der Waals surface area contributed by atoms with Gasteiger partial charge in [0.05, 0.1) is 5.69 Å². The van der Waals surface area contributed by atoms with Crippen molar-refractivity contribution in [3.8, 4) is 0 Å². The topological polar surface area (TPSA) is 59.1 Å². The first-order valence-corrected chi connectivity index (χ1v) is 4.09. The Kier molecular flexibility index (Phi) is 3.55. The molecule has 0 aliphatic heterocycles. The maximum atomic E-state index is 11.0. The van der Waals surface area contributed by atoms with E-state index >= 15 is 0 Å². The maximum Gasteiger partial charge on any atom is 0.250 e. The number of hydrogen-bond donors (Lipinski definition) is 1. The zero-order valence-corrected chi connectivity index (χ0v) is 7.73. The minimum absolute atomic E-state index is 0.374. The van der Waals surface area contributed by atoms with Crippen molar-refractivity contribution in [2.75, 3.05) is 0 Å². The van der Waals surface area contributed by atoms with E-state index in [1.54, 1.807) is 18.3 Å². The van der Waals surface area contributed by atoms with E-state index in [0.717, 1.165) is 0 Å². The van der Waals surface area contributed by atoms with Gasteiger partial charge in [-0.2, -0.15) is 0 Å². The summed E-state index contributed by atoms with van der Waals surface area (Å²) in [4.78, 5) is 25.4. The predicted molar refractivity (Wildman–Crippen MR) is 52.1 cm³/mol. The van der Waals surface area contributed by atoms with Crippen LogP contribution in [0.4, 0.5) is 0 Å². The summed E-state index contributed by atoms with van der Waals surface area (Å²) in [7, 11) is 0. The number of nitrogens with one attached hydrogen (secondary N) is 1. The Hall–Kier alpha value is -1.97. The van der Waals surface area contributed by atoms with Crippen LogP contribution in [0.1, 0.15) is 12.6 Å². The Morgan fingerprint density at radius 3 is 2.79 bits per heavy atom. The van der Waals surface area contributed by atoms with Gasteiger partial charge in [-0.05, 0) is 18.2 Å². The highest BCUT2D eigenvalue weighted by Crippen LogP contribution is 1.95. The van der Waals surface area contributed by atoms with Crippen LogP contribution < -0.4 is 5.32 Å². The quantitative estimate of drug-likeness (QED) is 0.700. The van der Waals surface area contributed by atoms with Gasteiger partial charge in [0.1, 0.15) is 0 Å². The van der Waals surface area contributed by atoms with Gasteiger partial charge in [0, 0.05) is 19.2 Å². The summed E-state index contributed by atoms with van der Waals surface area (Å²) in [5.41, 5.74) is 0.672. The molecule has 2 amide bonds. The van der Waals surface area contributed by atoms with E-state index in [2.05, 4.69) is 10.3 Å². The van der Waals surface area contributed by atoms with E-state index in [0.29, 0.717) is 5.69 Å². The van der Waals surface area contributed by atoms with Gasteiger partial charge in [-0.1, -0.05) is 6.07 Å². The van der Waals surface area contributed by atoms with Crippen LogP contribution in [0.15, 0.2) is 30.5 Å². The molecule has 1 heterocycles. The summed E-state index contributed by atoms with van der Waals surface area (Å²) in [5.74, 6) is -0.816. The van der Waals surface area contributed by atoms with Crippen LogP contribution in [-0.4, -0.2) is 16.8 Å². The molecule has 0 atom stereocenters. The molecule has 0 aliphatic rings. The Labute approximate surface area is 81.7 Å². The Bertz CT molecular complexity index is 358. The minimum Gasteiger partial charge on any atom is -0.293 e. The van der Waals surface area contributed by atoms with Crippen molar-refractivity contribution < 1.29 is 9.59 Å². The molecule has 0 saturated heterocycles. The number of aromatic nitrogens is 1. The molecule has 72 valence electrons. The summed E-state index contributed by atoms with van der Waals surface area (Å²) in [6, 6.07) is 5.36. The first kappa shape index (κ1) is 10.1. The van der Waals surface area contributed by atoms with Crippen LogP contribution >= 0.6 is 0 Å². The summed E-state index contributed by atoms with van der Waals surface area (Å²) >= 11 is 0. The highest BCUT2D eigenvalue weighted by molar-refractivity contribution is 6.01. The first-order valence-electron chi connectivity index (χ1n) is 4.09. The molecule has 0 saturated carbocycles. The lowest BCUT2D eigenvalue weighted by Gasteiger charge is -1.93. The van der Waals surface area contributed by atoms with Gasteiger partial charge in [0.2, 0.25) is 5.91 Å². The fourth-order valence-electron chi connectivity index (χ4n) is 0.851. The average molecular weight is 190 g/mol. The molecule has 0 bridgehead atoms. The molecule has 0 aliphatic carbocycles. The van der Waals surface area contributed by atoms with Crippen molar-refractivity contribution in [3.05, 3.63) is 36.2 Å². The molecule has 0 radical (unpaired) electrons. The standard InChI is InChI=1S/C10H10N2O2/c1-8(13)12-10(14)6-5-9-4-2-3-7-11-9/h2-7H,1H3,(H,12,13,14)/b6-5+. The number of nitrogens with zero attached hydrogens (tertiary/aromatic N) is 1. The molecule has 0 spiro atoms. The molecule has 1 aromatic heterocycles. The lowest BCUT2D eigenvalue weighted by atomic mass is 10.3. The number of imide groups is 1. The number of amides is 2. The molecule has 1 aromatic rings. The van der Waals surface area contributed by atoms with Crippen molar-refractivity contribution in [3.63, 3.8) is 0 Å². The fourth-order valence-corrected chi connectivity index (χ4v) is 0.851. The van der Waals surface area contributed by atoms with E-state index in [1.807, 2.05) is 6.07 Å². The molecule has 0 unspecified atom stereocenters. The summed E-state index contributed by atoms with van der Waals surface area (Å²) in [6.07, 6.45) is 4.44. The Morgan fingerprint density at radius 1 is 1.43 bits per heavy atom. The first-order chi connectivity index (χ1) is 6.68. The molecular formula is C10H10N2O2. The van der Waals surface area contributed by atoms with Gasteiger partial charge < -0.3 is 0 Å². The molecule has 0 fully saturated rings. The van der Waals surface area contributed by atoms with Gasteiger partial charge in [-0.15, -0.1) is 0 Å². The minimum atomic E-state index is -0.442. The van der Waals surface area contributed by atoms with Crippen molar-refractivity contribution >= 4 is 17.9 Å².